The molecule has 0 bridgehead atoms. The zero-order chi connectivity index (χ0) is 19.8. The first-order chi connectivity index (χ1) is 12.7. The average Bonchev–Trinajstić information content (AvgIpc) is 2.57. The first-order valence-electron chi connectivity index (χ1n) is 9.56. The van der Waals surface area contributed by atoms with E-state index in [9.17, 15) is 8.42 Å². The Bertz CT molecular complexity index is 928. The Hall–Kier alpha value is -1.69. The van der Waals surface area contributed by atoms with Crippen LogP contribution in [0.5, 0.6) is 0 Å². The summed E-state index contributed by atoms with van der Waals surface area (Å²) in [6, 6.07) is 10.5. The van der Waals surface area contributed by atoms with Crippen LogP contribution in [0.2, 0.25) is 0 Å². The Morgan fingerprint density at radius 3 is 2.00 bits per heavy atom. The van der Waals surface area contributed by atoms with Crippen molar-refractivity contribution in [2.45, 2.75) is 54.1 Å². The molecule has 0 amide bonds. The van der Waals surface area contributed by atoms with Gasteiger partial charge in [-0.15, -0.1) is 0 Å². The second-order valence-corrected chi connectivity index (χ2v) is 9.76. The van der Waals surface area contributed by atoms with Crippen LogP contribution in [0.15, 0.2) is 30.3 Å². The molecule has 0 unspecified atom stereocenters. The van der Waals surface area contributed by atoms with Gasteiger partial charge in [0.05, 0.1) is 0 Å². The van der Waals surface area contributed by atoms with Gasteiger partial charge in [0.25, 0.3) is 10.2 Å². The molecule has 0 N–H and O–H groups in total. The van der Waals surface area contributed by atoms with E-state index in [1.807, 2.05) is 13.8 Å². The summed E-state index contributed by atoms with van der Waals surface area (Å²) in [5.74, 6) is 0. The van der Waals surface area contributed by atoms with Crippen molar-refractivity contribution in [3.63, 3.8) is 0 Å². The highest BCUT2D eigenvalue weighted by atomic mass is 32.2. The van der Waals surface area contributed by atoms with Crippen LogP contribution in [0.3, 0.4) is 0 Å². The molecule has 1 heterocycles. The number of nitrogens with zero attached hydrogens (tertiary/aromatic N) is 2. The molecule has 0 aromatic heterocycles. The van der Waals surface area contributed by atoms with E-state index in [0.717, 1.165) is 39.8 Å². The average molecular weight is 387 g/mol. The van der Waals surface area contributed by atoms with Crippen LogP contribution >= 0.6 is 0 Å². The summed E-state index contributed by atoms with van der Waals surface area (Å²) in [5.41, 5.74) is 8.04. The van der Waals surface area contributed by atoms with Crippen LogP contribution in [0.1, 0.15) is 45.4 Å². The van der Waals surface area contributed by atoms with E-state index in [-0.39, 0.29) is 0 Å². The molecule has 27 heavy (non-hydrogen) atoms. The third-order valence-corrected chi connectivity index (χ3v) is 7.42. The van der Waals surface area contributed by atoms with Crippen LogP contribution in [-0.2, 0) is 23.3 Å². The van der Waals surface area contributed by atoms with Crippen LogP contribution in [-0.4, -0.2) is 30.1 Å². The summed E-state index contributed by atoms with van der Waals surface area (Å²) in [6.45, 7) is 12.4. The zero-order valence-electron chi connectivity index (χ0n) is 17.0. The maximum Gasteiger partial charge on any atom is 0.282 e. The van der Waals surface area contributed by atoms with E-state index < -0.39 is 10.2 Å². The van der Waals surface area contributed by atoms with Crippen molar-refractivity contribution in [1.82, 2.24) is 8.61 Å². The number of aryl methyl sites for hydroxylation is 5. The van der Waals surface area contributed by atoms with Gasteiger partial charge in [-0.3, -0.25) is 0 Å². The standard InChI is InChI=1S/C22H30N2O2S/c1-16-7-8-18(3)21(13-16)14-23-9-6-10-24(27(23,25)26)15-22-19(4)11-17(2)12-20(22)5/h7-8,11-13H,6,9-10,14-15H2,1-5H3. The normalized spacial score (nSPS) is 18.0. The van der Waals surface area contributed by atoms with Crippen molar-refractivity contribution in [2.24, 2.45) is 0 Å². The Balaban J connectivity index is 1.86. The molecule has 0 saturated carbocycles. The predicted octanol–water partition coefficient (Wildman–Crippen LogP) is 4.18. The van der Waals surface area contributed by atoms with E-state index in [1.54, 1.807) is 8.61 Å². The minimum absolute atomic E-state index is 0.443. The lowest BCUT2D eigenvalue weighted by molar-refractivity contribution is 0.275. The second kappa shape index (κ2) is 7.74. The molecule has 0 spiro atoms. The molecule has 1 aliphatic heterocycles. The molecule has 2 aromatic carbocycles. The number of hydrogen-bond donors (Lipinski definition) is 0. The largest absolute Gasteiger partial charge is 0.282 e. The fourth-order valence-electron chi connectivity index (χ4n) is 3.93. The molecule has 2 aromatic rings. The SMILES string of the molecule is Cc1cc(C)c(CN2CCCN(Cc3cc(C)ccc3C)S2(=O)=O)c(C)c1. The van der Waals surface area contributed by atoms with Crippen molar-refractivity contribution < 1.29 is 8.42 Å². The summed E-state index contributed by atoms with van der Waals surface area (Å²) in [6.07, 6.45) is 0.855. The van der Waals surface area contributed by atoms with E-state index >= 15 is 0 Å². The van der Waals surface area contributed by atoms with Gasteiger partial charge in [0.15, 0.2) is 0 Å². The molecular weight excluding hydrogens is 356 g/mol. The third kappa shape index (κ3) is 4.26. The van der Waals surface area contributed by atoms with E-state index in [4.69, 9.17) is 0 Å². The van der Waals surface area contributed by atoms with Crippen molar-refractivity contribution in [3.05, 3.63) is 69.3 Å². The Kier molecular flexibility index (Phi) is 5.75. The molecule has 1 saturated heterocycles. The summed E-state index contributed by atoms with van der Waals surface area (Å²) in [4.78, 5) is 0. The molecule has 0 atom stereocenters. The maximum absolute atomic E-state index is 13.3. The lowest BCUT2D eigenvalue weighted by atomic mass is 10.00. The van der Waals surface area contributed by atoms with Crippen molar-refractivity contribution in [1.29, 1.82) is 0 Å². The van der Waals surface area contributed by atoms with Crippen molar-refractivity contribution >= 4 is 10.2 Å². The highest BCUT2D eigenvalue weighted by molar-refractivity contribution is 7.86. The van der Waals surface area contributed by atoms with Gasteiger partial charge < -0.3 is 0 Å². The van der Waals surface area contributed by atoms with Crippen LogP contribution in [0, 0.1) is 34.6 Å². The summed E-state index contributed by atoms with van der Waals surface area (Å²) >= 11 is 0. The van der Waals surface area contributed by atoms with Crippen molar-refractivity contribution in [2.75, 3.05) is 13.1 Å². The maximum atomic E-state index is 13.3. The van der Waals surface area contributed by atoms with E-state index in [0.29, 0.717) is 26.2 Å². The van der Waals surface area contributed by atoms with Crippen LogP contribution < -0.4 is 0 Å². The van der Waals surface area contributed by atoms with Gasteiger partial charge in [0, 0.05) is 26.2 Å². The Labute approximate surface area is 164 Å². The lowest BCUT2D eigenvalue weighted by Gasteiger charge is -2.35. The summed E-state index contributed by atoms with van der Waals surface area (Å²) in [5, 5.41) is 0. The molecule has 0 radical (unpaired) electrons. The van der Waals surface area contributed by atoms with E-state index in [2.05, 4.69) is 51.1 Å². The molecule has 0 aliphatic carbocycles. The van der Waals surface area contributed by atoms with Crippen molar-refractivity contribution in [3.8, 4) is 0 Å². The molecule has 1 fully saturated rings. The quantitative estimate of drug-likeness (QED) is 0.791. The van der Waals surface area contributed by atoms with Gasteiger partial charge >= 0.3 is 0 Å². The predicted molar refractivity (Wildman–Crippen MR) is 111 cm³/mol. The summed E-state index contributed by atoms with van der Waals surface area (Å²) in [7, 11) is -3.47. The highest BCUT2D eigenvalue weighted by Crippen LogP contribution is 2.25. The lowest BCUT2D eigenvalue weighted by Crippen LogP contribution is -2.48. The second-order valence-electron chi connectivity index (χ2n) is 7.84. The molecule has 1 aliphatic rings. The van der Waals surface area contributed by atoms with Gasteiger partial charge in [-0.05, 0) is 68.9 Å². The molecule has 5 heteroatoms. The molecular formula is C22H30N2O2S. The smallest absolute Gasteiger partial charge is 0.195 e. The topological polar surface area (TPSA) is 40.6 Å². The Morgan fingerprint density at radius 2 is 1.37 bits per heavy atom. The third-order valence-electron chi connectivity index (χ3n) is 5.49. The van der Waals surface area contributed by atoms with Gasteiger partial charge in [-0.2, -0.15) is 17.0 Å². The fraction of sp³-hybridized carbons (Fsp3) is 0.455. The Morgan fingerprint density at radius 1 is 0.778 bits per heavy atom. The number of hydrogen-bond acceptors (Lipinski definition) is 2. The summed E-state index contributed by atoms with van der Waals surface area (Å²) < 4.78 is 29.8. The van der Waals surface area contributed by atoms with Gasteiger partial charge in [-0.25, -0.2) is 0 Å². The molecule has 4 nitrogen and oxygen atoms in total. The zero-order valence-corrected chi connectivity index (χ0v) is 17.9. The first-order valence-corrected chi connectivity index (χ1v) is 11.0. The number of rotatable bonds is 4. The van der Waals surface area contributed by atoms with Gasteiger partial charge in [0.2, 0.25) is 0 Å². The first kappa shape index (κ1) is 20.1. The van der Waals surface area contributed by atoms with Gasteiger partial charge in [0.1, 0.15) is 0 Å². The minimum atomic E-state index is -3.47. The minimum Gasteiger partial charge on any atom is -0.195 e. The monoisotopic (exact) mass is 386 g/mol. The van der Waals surface area contributed by atoms with Gasteiger partial charge in [-0.1, -0.05) is 41.5 Å². The highest BCUT2D eigenvalue weighted by Gasteiger charge is 2.34. The van der Waals surface area contributed by atoms with Crippen LogP contribution in [0.4, 0.5) is 0 Å². The number of benzene rings is 2. The van der Waals surface area contributed by atoms with E-state index in [1.165, 1.54) is 5.56 Å². The molecule has 3 rings (SSSR count). The molecule has 146 valence electrons. The fourth-order valence-corrected chi connectivity index (χ4v) is 5.58. The van der Waals surface area contributed by atoms with Crippen LogP contribution in [0.25, 0.3) is 0 Å².